The highest BCUT2D eigenvalue weighted by Crippen LogP contribution is 2.43. The van der Waals surface area contributed by atoms with E-state index in [-0.39, 0.29) is 11.7 Å². The van der Waals surface area contributed by atoms with E-state index in [2.05, 4.69) is 79.7 Å². The summed E-state index contributed by atoms with van der Waals surface area (Å²) >= 11 is 0. The molecule has 3 aromatic carbocycles. The van der Waals surface area contributed by atoms with Crippen molar-refractivity contribution >= 4 is 34.4 Å². The molecule has 0 aliphatic heterocycles. The number of Topliss-reactive ketones (excluding diaryl/α,β-unsaturated/α-hetero) is 1. The van der Waals surface area contributed by atoms with Gasteiger partial charge in [0.15, 0.2) is 5.78 Å². The minimum atomic E-state index is -2.15. The van der Waals surface area contributed by atoms with Gasteiger partial charge in [0.05, 0.1) is 0 Å². The molecule has 0 bridgehead atoms. The second-order valence-electron chi connectivity index (χ2n) is 6.57. The Balaban J connectivity index is 2.40. The minimum Gasteiger partial charge on any atom is -0.294 e. The summed E-state index contributed by atoms with van der Waals surface area (Å²) in [5.41, 5.74) is 0. The smallest absolute Gasteiger partial charge is 0.159 e. The summed E-state index contributed by atoms with van der Waals surface area (Å²) in [5.74, 6) is 2.31. The van der Waals surface area contributed by atoms with E-state index in [1.807, 2.05) is 30.9 Å². The molecule has 3 rings (SSSR count). The molecule has 3 aromatic rings. The van der Waals surface area contributed by atoms with Crippen molar-refractivity contribution in [1.82, 2.24) is 0 Å². The SMILES string of the molecule is CCC(C)C(=O)C=P(c1ccccc1)(c1ccccc1)c1ccccc1. The van der Waals surface area contributed by atoms with Crippen LogP contribution in [0.25, 0.3) is 0 Å². The van der Waals surface area contributed by atoms with Crippen LogP contribution in [0.1, 0.15) is 20.3 Å². The molecule has 0 aliphatic rings. The number of rotatable bonds is 6. The Morgan fingerprint density at radius 3 is 1.42 bits per heavy atom. The van der Waals surface area contributed by atoms with Crippen LogP contribution in [0.4, 0.5) is 0 Å². The molecule has 26 heavy (non-hydrogen) atoms. The van der Waals surface area contributed by atoms with E-state index in [4.69, 9.17) is 0 Å². The van der Waals surface area contributed by atoms with Crippen molar-refractivity contribution < 1.29 is 4.79 Å². The Labute approximate surface area is 156 Å². The van der Waals surface area contributed by atoms with Crippen molar-refractivity contribution in [1.29, 1.82) is 0 Å². The van der Waals surface area contributed by atoms with Crippen LogP contribution in [0.3, 0.4) is 0 Å². The zero-order chi connectivity index (χ0) is 18.4. The zero-order valence-corrected chi connectivity index (χ0v) is 16.3. The van der Waals surface area contributed by atoms with Crippen LogP contribution in [0.2, 0.25) is 0 Å². The highest BCUT2D eigenvalue weighted by molar-refractivity contribution is 7.95. The number of carbonyl (C=O) groups is 1. The van der Waals surface area contributed by atoms with Gasteiger partial charge in [-0.25, -0.2) is 0 Å². The molecule has 0 saturated heterocycles. The van der Waals surface area contributed by atoms with E-state index < -0.39 is 6.89 Å². The lowest BCUT2D eigenvalue weighted by molar-refractivity contribution is -0.115. The van der Waals surface area contributed by atoms with Gasteiger partial charge < -0.3 is 0 Å². The molecule has 1 atom stereocenters. The van der Waals surface area contributed by atoms with E-state index in [9.17, 15) is 4.79 Å². The van der Waals surface area contributed by atoms with Gasteiger partial charge in [0, 0.05) is 5.92 Å². The first kappa shape index (κ1) is 18.4. The summed E-state index contributed by atoms with van der Waals surface area (Å²) in [6, 6.07) is 31.5. The topological polar surface area (TPSA) is 17.1 Å². The number of benzene rings is 3. The monoisotopic (exact) mass is 360 g/mol. The third-order valence-electron chi connectivity index (χ3n) is 4.91. The Morgan fingerprint density at radius 2 is 1.12 bits per heavy atom. The lowest BCUT2D eigenvalue weighted by Gasteiger charge is -2.28. The predicted octanol–water partition coefficient (Wildman–Crippen LogP) is 4.40. The van der Waals surface area contributed by atoms with Crippen molar-refractivity contribution in [2.24, 2.45) is 5.92 Å². The van der Waals surface area contributed by atoms with E-state index in [0.717, 1.165) is 6.42 Å². The lowest BCUT2D eigenvalue weighted by atomic mass is 10.1. The average Bonchev–Trinajstić information content (AvgIpc) is 2.73. The summed E-state index contributed by atoms with van der Waals surface area (Å²) in [4.78, 5) is 13.1. The van der Waals surface area contributed by atoms with Crippen LogP contribution in [0, 0.1) is 5.92 Å². The quantitative estimate of drug-likeness (QED) is 0.596. The highest BCUT2D eigenvalue weighted by Gasteiger charge is 2.27. The molecule has 0 saturated carbocycles. The standard InChI is InChI=1S/C24H25OP/c1-3-20(2)24(25)19-26(21-13-7-4-8-14-21,22-15-9-5-10-16-22)23-17-11-6-12-18-23/h4-20H,3H2,1-2H3. The van der Waals surface area contributed by atoms with Crippen LogP contribution >= 0.6 is 6.89 Å². The van der Waals surface area contributed by atoms with Gasteiger partial charge in [-0.3, -0.25) is 4.79 Å². The van der Waals surface area contributed by atoms with Crippen LogP contribution < -0.4 is 15.9 Å². The van der Waals surface area contributed by atoms with Crippen molar-refractivity contribution in [3.63, 3.8) is 0 Å². The van der Waals surface area contributed by atoms with Gasteiger partial charge in [0.2, 0.25) is 0 Å². The lowest BCUT2D eigenvalue weighted by Crippen LogP contribution is -2.29. The average molecular weight is 360 g/mol. The second kappa shape index (κ2) is 8.34. The van der Waals surface area contributed by atoms with Crippen molar-refractivity contribution in [3.05, 3.63) is 91.0 Å². The second-order valence-corrected chi connectivity index (χ2v) is 9.82. The van der Waals surface area contributed by atoms with E-state index in [1.165, 1.54) is 15.9 Å². The van der Waals surface area contributed by atoms with Crippen LogP contribution in [-0.2, 0) is 4.79 Å². The molecule has 0 aliphatic carbocycles. The van der Waals surface area contributed by atoms with E-state index in [0.29, 0.717) is 0 Å². The maximum absolute atomic E-state index is 13.1. The van der Waals surface area contributed by atoms with Gasteiger partial charge in [-0.2, -0.15) is 0 Å². The Hall–Kier alpha value is -2.37. The van der Waals surface area contributed by atoms with Gasteiger partial charge in [0.1, 0.15) is 0 Å². The highest BCUT2D eigenvalue weighted by atomic mass is 31.2. The first-order valence-corrected chi connectivity index (χ1v) is 11.0. The maximum atomic E-state index is 13.1. The number of hydrogen-bond acceptors (Lipinski definition) is 1. The number of carbonyl (C=O) groups excluding carboxylic acids is 1. The largest absolute Gasteiger partial charge is 0.294 e. The van der Waals surface area contributed by atoms with Crippen LogP contribution in [-0.4, -0.2) is 11.6 Å². The maximum Gasteiger partial charge on any atom is 0.159 e. The first-order chi connectivity index (χ1) is 12.7. The summed E-state index contributed by atoms with van der Waals surface area (Å²) < 4.78 is 0. The van der Waals surface area contributed by atoms with Gasteiger partial charge >= 0.3 is 0 Å². The summed E-state index contributed by atoms with van der Waals surface area (Å²) in [7, 11) is 0. The Morgan fingerprint density at radius 1 is 0.769 bits per heavy atom. The normalized spacial score (nSPS) is 12.4. The van der Waals surface area contributed by atoms with Gasteiger partial charge in [0.25, 0.3) is 0 Å². The summed E-state index contributed by atoms with van der Waals surface area (Å²) in [6.07, 6.45) is 0.855. The number of ketones is 1. The number of hydrogen-bond donors (Lipinski definition) is 0. The molecule has 0 amide bonds. The first-order valence-electron chi connectivity index (χ1n) is 9.14. The minimum absolute atomic E-state index is 0.0329. The molecular formula is C24H25OP. The van der Waals surface area contributed by atoms with Crippen LogP contribution in [0.5, 0.6) is 0 Å². The molecule has 2 heteroatoms. The molecule has 132 valence electrons. The fourth-order valence-electron chi connectivity index (χ4n) is 3.18. The van der Waals surface area contributed by atoms with Crippen molar-refractivity contribution in [3.8, 4) is 0 Å². The fourth-order valence-corrected chi connectivity index (χ4v) is 7.08. The molecule has 1 nitrogen and oxygen atoms in total. The molecule has 1 unspecified atom stereocenters. The van der Waals surface area contributed by atoms with E-state index >= 15 is 0 Å². The molecule has 0 N–H and O–H groups in total. The summed E-state index contributed by atoms with van der Waals surface area (Å²) in [6.45, 7) is 1.94. The molecule has 0 fully saturated rings. The third-order valence-corrected chi connectivity index (χ3v) is 8.89. The van der Waals surface area contributed by atoms with Gasteiger partial charge in [-0.1, -0.05) is 105 Å². The van der Waals surface area contributed by atoms with Crippen molar-refractivity contribution in [2.75, 3.05) is 0 Å². The predicted molar refractivity (Wildman–Crippen MR) is 116 cm³/mol. The van der Waals surface area contributed by atoms with Crippen molar-refractivity contribution in [2.45, 2.75) is 20.3 Å². The molecule has 0 radical (unpaired) electrons. The summed E-state index contributed by atoms with van der Waals surface area (Å²) in [5, 5.41) is 3.65. The molecule has 0 aromatic heterocycles. The zero-order valence-electron chi connectivity index (χ0n) is 15.4. The molecule has 0 heterocycles. The van der Waals surface area contributed by atoms with Gasteiger partial charge in [-0.15, -0.1) is 0 Å². The van der Waals surface area contributed by atoms with Gasteiger partial charge in [-0.05, 0) is 35.0 Å². The Bertz CT molecular complexity index is 795. The van der Waals surface area contributed by atoms with E-state index in [1.54, 1.807) is 0 Å². The fraction of sp³-hybridized carbons (Fsp3) is 0.167. The van der Waals surface area contributed by atoms with Crippen LogP contribution in [0.15, 0.2) is 91.0 Å². The third kappa shape index (κ3) is 3.59. The molecule has 0 spiro atoms. The Kier molecular flexibility index (Phi) is 5.91. The molecular weight excluding hydrogens is 335 g/mol.